The quantitative estimate of drug-likeness (QED) is 0.115. The first-order valence-corrected chi connectivity index (χ1v) is 24.6. The Bertz CT molecular complexity index is 1300. The topological polar surface area (TPSA) is 112 Å². The maximum absolute atomic E-state index is 9.97. The Morgan fingerprint density at radius 2 is 1.03 bits per heavy atom. The second-order valence-electron chi connectivity index (χ2n) is 21.6. The van der Waals surface area contributed by atoms with Crippen molar-refractivity contribution in [3.63, 3.8) is 0 Å². The van der Waals surface area contributed by atoms with Gasteiger partial charge in [-0.1, -0.05) is 65.2 Å². The molecule has 2 N–H and O–H groups in total. The number of nitrogens with zero attached hydrogens (tertiary/aromatic N) is 7. The lowest BCUT2D eigenvalue weighted by atomic mass is 9.78. The first kappa shape index (κ1) is 49.2. The van der Waals surface area contributed by atoms with Crippen molar-refractivity contribution in [1.29, 1.82) is 0 Å². The Morgan fingerprint density at radius 3 is 1.40 bits per heavy atom. The van der Waals surface area contributed by atoms with Crippen LogP contribution >= 0.6 is 0 Å². The summed E-state index contributed by atoms with van der Waals surface area (Å²) < 4.78 is 5.92. The molecule has 2 aliphatic carbocycles. The van der Waals surface area contributed by atoms with E-state index in [0.29, 0.717) is 31.3 Å². The molecule has 2 saturated carbocycles. The maximum Gasteiger partial charge on any atom is 0.232 e. The number of aromatic nitrogens is 3. The molecule has 12 nitrogen and oxygen atoms in total. The SMILES string of the molecule is CCCCN(c1nc(NCCCOC(C)C(C)O)nc(N(CCCC)C2CC(C)(C)N(OC3CCCCC3)C(C)(C)C2)n1)C1CC(C)(C)N(OC2CCCCC2)C(C)(C)C1. The fourth-order valence-corrected chi connectivity index (χ4v) is 11.0. The van der Waals surface area contributed by atoms with Crippen LogP contribution in [0.2, 0.25) is 0 Å². The van der Waals surface area contributed by atoms with Gasteiger partial charge in [-0.2, -0.15) is 25.1 Å². The number of hydrogen-bond acceptors (Lipinski definition) is 12. The summed E-state index contributed by atoms with van der Waals surface area (Å²) >= 11 is 0. The van der Waals surface area contributed by atoms with Crippen molar-refractivity contribution in [3.8, 4) is 0 Å². The molecule has 2 unspecified atom stereocenters. The van der Waals surface area contributed by atoms with Crippen LogP contribution < -0.4 is 15.1 Å². The van der Waals surface area contributed by atoms with Gasteiger partial charge in [-0.05, 0) is 140 Å². The summed E-state index contributed by atoms with van der Waals surface area (Å²) in [7, 11) is 0. The van der Waals surface area contributed by atoms with Gasteiger partial charge in [0.1, 0.15) is 0 Å². The number of piperidine rings is 2. The van der Waals surface area contributed by atoms with Crippen LogP contribution in [-0.2, 0) is 14.4 Å². The molecule has 4 fully saturated rings. The van der Waals surface area contributed by atoms with Crippen molar-refractivity contribution in [1.82, 2.24) is 25.1 Å². The van der Waals surface area contributed by atoms with Crippen LogP contribution in [0.3, 0.4) is 0 Å². The predicted octanol–water partition coefficient (Wildman–Crippen LogP) is 10.2. The Hall–Kier alpha value is -1.83. The van der Waals surface area contributed by atoms with E-state index in [-0.39, 0.29) is 40.3 Å². The molecule has 0 radical (unpaired) electrons. The second-order valence-corrected chi connectivity index (χ2v) is 21.6. The van der Waals surface area contributed by atoms with E-state index < -0.39 is 6.10 Å². The van der Waals surface area contributed by atoms with E-state index in [0.717, 1.165) is 108 Å². The van der Waals surface area contributed by atoms with Crippen molar-refractivity contribution in [3.05, 3.63) is 0 Å². The van der Waals surface area contributed by atoms with Crippen LogP contribution in [0.15, 0.2) is 0 Å². The summed E-state index contributed by atoms with van der Waals surface area (Å²) in [6.45, 7) is 30.2. The molecule has 0 amide bonds. The smallest absolute Gasteiger partial charge is 0.232 e. The molecule has 3 heterocycles. The summed E-state index contributed by atoms with van der Waals surface area (Å²) in [5.74, 6) is 2.16. The van der Waals surface area contributed by atoms with Gasteiger partial charge in [-0.15, -0.1) is 0 Å². The zero-order valence-electron chi connectivity index (χ0n) is 40.5. The number of ether oxygens (including phenoxy) is 1. The van der Waals surface area contributed by atoms with Crippen LogP contribution in [0.5, 0.6) is 0 Å². The molecule has 1 aromatic rings. The van der Waals surface area contributed by atoms with E-state index in [9.17, 15) is 5.11 Å². The summed E-state index contributed by atoms with van der Waals surface area (Å²) in [4.78, 5) is 35.1. The molecule has 0 spiro atoms. The molecule has 0 aromatic carbocycles. The third-order valence-electron chi connectivity index (χ3n) is 13.9. The fraction of sp³-hybridized carbons (Fsp3) is 0.938. The zero-order chi connectivity index (χ0) is 43.7. The molecule has 1 aromatic heterocycles. The van der Waals surface area contributed by atoms with Gasteiger partial charge in [0.15, 0.2) is 0 Å². The Morgan fingerprint density at radius 1 is 0.633 bits per heavy atom. The third kappa shape index (κ3) is 13.1. The molecule has 2 aliphatic heterocycles. The van der Waals surface area contributed by atoms with Crippen LogP contribution in [0, 0.1) is 0 Å². The Kier molecular flexibility index (Phi) is 17.8. The van der Waals surface area contributed by atoms with E-state index in [2.05, 4.69) is 94.5 Å². The van der Waals surface area contributed by atoms with Crippen molar-refractivity contribution >= 4 is 17.8 Å². The summed E-state index contributed by atoms with van der Waals surface area (Å²) in [6.07, 6.45) is 21.1. The van der Waals surface area contributed by atoms with Gasteiger partial charge in [0, 0.05) is 60.5 Å². The number of aliphatic hydroxyl groups is 1. The zero-order valence-corrected chi connectivity index (χ0v) is 40.5. The van der Waals surface area contributed by atoms with Gasteiger partial charge in [0.05, 0.1) is 24.4 Å². The minimum absolute atomic E-state index is 0.174. The Balaban J connectivity index is 1.48. The molecule has 12 heteroatoms. The van der Waals surface area contributed by atoms with Crippen molar-refractivity contribution in [2.45, 2.75) is 264 Å². The molecular weight excluding hydrogens is 753 g/mol. The van der Waals surface area contributed by atoms with E-state index in [4.69, 9.17) is 29.4 Å². The minimum atomic E-state index is -0.504. The summed E-state index contributed by atoms with van der Waals surface area (Å²) in [5.41, 5.74) is -0.697. The van der Waals surface area contributed by atoms with Crippen molar-refractivity contribution in [2.24, 2.45) is 0 Å². The van der Waals surface area contributed by atoms with Crippen LogP contribution in [0.1, 0.15) is 205 Å². The summed E-state index contributed by atoms with van der Waals surface area (Å²) in [5, 5.41) is 18.3. The number of anilines is 3. The highest BCUT2D eigenvalue weighted by Gasteiger charge is 2.51. The fourth-order valence-electron chi connectivity index (χ4n) is 11.0. The van der Waals surface area contributed by atoms with Gasteiger partial charge < -0.3 is 25.0 Å². The largest absolute Gasteiger partial charge is 0.391 e. The van der Waals surface area contributed by atoms with Crippen LogP contribution in [0.25, 0.3) is 0 Å². The third-order valence-corrected chi connectivity index (χ3v) is 13.9. The molecule has 5 rings (SSSR count). The number of hydroxylamine groups is 4. The lowest BCUT2D eigenvalue weighted by Crippen LogP contribution is -2.65. The van der Waals surface area contributed by atoms with Gasteiger partial charge in [0.25, 0.3) is 0 Å². The first-order chi connectivity index (χ1) is 28.4. The number of rotatable bonds is 21. The molecule has 2 atom stereocenters. The molecule has 0 bridgehead atoms. The number of hydrogen-bond donors (Lipinski definition) is 2. The van der Waals surface area contributed by atoms with Crippen molar-refractivity contribution < 1.29 is 19.5 Å². The first-order valence-electron chi connectivity index (χ1n) is 24.6. The van der Waals surface area contributed by atoms with E-state index in [1.807, 2.05) is 6.92 Å². The van der Waals surface area contributed by atoms with E-state index in [1.54, 1.807) is 6.92 Å². The lowest BCUT2D eigenvalue weighted by Gasteiger charge is -2.57. The van der Waals surface area contributed by atoms with Gasteiger partial charge in [-0.25, -0.2) is 0 Å². The molecule has 2 saturated heterocycles. The van der Waals surface area contributed by atoms with Crippen LogP contribution in [-0.4, -0.2) is 115 Å². The summed E-state index contributed by atoms with van der Waals surface area (Å²) in [6, 6.07) is 0.460. The monoisotopic (exact) mass is 843 g/mol. The van der Waals surface area contributed by atoms with E-state index >= 15 is 0 Å². The highest BCUT2D eigenvalue weighted by molar-refractivity contribution is 5.47. The molecule has 346 valence electrons. The average Bonchev–Trinajstić information content (AvgIpc) is 3.18. The Labute approximate surface area is 366 Å². The van der Waals surface area contributed by atoms with Gasteiger partial charge in [0.2, 0.25) is 17.8 Å². The second kappa shape index (κ2) is 21.7. The predicted molar refractivity (Wildman–Crippen MR) is 246 cm³/mol. The van der Waals surface area contributed by atoms with Gasteiger partial charge in [-0.3, -0.25) is 9.68 Å². The van der Waals surface area contributed by atoms with Crippen LogP contribution in [0.4, 0.5) is 17.8 Å². The molecule has 60 heavy (non-hydrogen) atoms. The highest BCUT2D eigenvalue weighted by atomic mass is 16.7. The standard InChI is InChI=1S/C48H90N8O4/c1-13-15-29-53(38-32-45(5,6)55(46(7,8)33-38)59-40-24-19-17-20-25-40)43-50-42(49-28-23-31-58-37(4)36(3)57)51-44(52-43)54(30-16-14-2)39-34-47(9,10)56(48(11,12)35-39)60-41-26-21-18-22-27-41/h36-41,57H,13-35H2,1-12H3,(H,49,50,51,52). The number of unbranched alkanes of at least 4 members (excludes halogenated alkanes) is 2. The lowest BCUT2D eigenvalue weighted by molar-refractivity contribution is -0.310. The molecular formula is C48H90N8O4. The van der Waals surface area contributed by atoms with Gasteiger partial charge >= 0.3 is 0 Å². The highest BCUT2D eigenvalue weighted by Crippen LogP contribution is 2.45. The molecule has 4 aliphatic rings. The number of nitrogens with one attached hydrogen (secondary N) is 1. The normalized spacial score (nSPS) is 24.3. The average molecular weight is 843 g/mol. The van der Waals surface area contributed by atoms with Crippen molar-refractivity contribution in [2.75, 3.05) is 41.4 Å². The van der Waals surface area contributed by atoms with E-state index in [1.165, 1.54) is 38.5 Å². The number of aliphatic hydroxyl groups excluding tert-OH is 1. The maximum atomic E-state index is 9.97. The minimum Gasteiger partial charge on any atom is -0.391 e.